The van der Waals surface area contributed by atoms with Gasteiger partial charge in [-0.1, -0.05) is 18.2 Å². The molecular formula is C11H12F3NO. The van der Waals surface area contributed by atoms with Crippen molar-refractivity contribution in [1.29, 1.82) is 0 Å². The number of halogens is 3. The van der Waals surface area contributed by atoms with E-state index in [1.807, 2.05) is 0 Å². The second-order valence-electron chi connectivity index (χ2n) is 3.44. The van der Waals surface area contributed by atoms with Gasteiger partial charge in [-0.05, 0) is 18.7 Å². The molecule has 0 aliphatic rings. The zero-order chi connectivity index (χ0) is 12.2. The summed E-state index contributed by atoms with van der Waals surface area (Å²) in [7, 11) is 1.62. The lowest BCUT2D eigenvalue weighted by Gasteiger charge is -2.08. The van der Waals surface area contributed by atoms with Gasteiger partial charge in [-0.25, -0.2) is 0 Å². The Morgan fingerprint density at radius 3 is 2.62 bits per heavy atom. The van der Waals surface area contributed by atoms with Gasteiger partial charge in [-0.2, -0.15) is 13.2 Å². The summed E-state index contributed by atoms with van der Waals surface area (Å²) in [6.45, 7) is 0.163. The van der Waals surface area contributed by atoms with E-state index < -0.39 is 11.7 Å². The number of nitrogens with one attached hydrogen (secondary N) is 1. The van der Waals surface area contributed by atoms with E-state index in [0.717, 1.165) is 12.1 Å². The van der Waals surface area contributed by atoms with Crippen molar-refractivity contribution in [3.05, 3.63) is 35.4 Å². The van der Waals surface area contributed by atoms with E-state index in [1.54, 1.807) is 7.05 Å². The number of benzene rings is 1. The van der Waals surface area contributed by atoms with Gasteiger partial charge < -0.3 is 5.32 Å². The van der Waals surface area contributed by atoms with Gasteiger partial charge in [-0.3, -0.25) is 4.79 Å². The molecule has 88 valence electrons. The van der Waals surface area contributed by atoms with E-state index >= 15 is 0 Å². The minimum absolute atomic E-state index is 0.0186. The molecule has 2 nitrogen and oxygen atoms in total. The summed E-state index contributed by atoms with van der Waals surface area (Å²) in [6, 6.07) is 4.83. The molecule has 0 unspecified atom stereocenters. The quantitative estimate of drug-likeness (QED) is 0.859. The van der Waals surface area contributed by atoms with E-state index in [0.29, 0.717) is 5.56 Å². The summed E-state index contributed by atoms with van der Waals surface area (Å²) < 4.78 is 37.1. The monoisotopic (exact) mass is 231 g/mol. The Labute approximate surface area is 91.5 Å². The number of alkyl halides is 3. The lowest BCUT2D eigenvalue weighted by atomic mass is 10.1. The topological polar surface area (TPSA) is 29.1 Å². The van der Waals surface area contributed by atoms with E-state index in [4.69, 9.17) is 0 Å². The predicted molar refractivity (Wildman–Crippen MR) is 54.1 cm³/mol. The Kier molecular flexibility index (Phi) is 4.06. The number of carbonyl (C=O) groups is 1. The van der Waals surface area contributed by atoms with Crippen molar-refractivity contribution in [2.45, 2.75) is 12.6 Å². The predicted octanol–water partition coefficient (Wildman–Crippen LogP) is 2.04. The van der Waals surface area contributed by atoms with E-state index in [-0.39, 0.29) is 18.7 Å². The molecule has 1 aromatic carbocycles. The van der Waals surface area contributed by atoms with E-state index in [1.165, 1.54) is 12.1 Å². The smallest absolute Gasteiger partial charge is 0.313 e. The number of hydrogen-bond donors (Lipinski definition) is 1. The summed E-state index contributed by atoms with van der Waals surface area (Å²) in [4.78, 5) is 11.2. The molecule has 0 spiro atoms. The van der Waals surface area contributed by atoms with Gasteiger partial charge in [0.2, 0.25) is 0 Å². The number of rotatable bonds is 4. The molecule has 0 bridgehead atoms. The van der Waals surface area contributed by atoms with Crippen molar-refractivity contribution in [2.75, 3.05) is 13.6 Å². The van der Waals surface area contributed by atoms with Crippen LogP contribution in [0.5, 0.6) is 0 Å². The minimum atomic E-state index is -4.36. The largest absolute Gasteiger partial charge is 0.416 e. The Hall–Kier alpha value is -1.36. The highest BCUT2D eigenvalue weighted by molar-refractivity contribution is 5.82. The molecule has 0 aromatic heterocycles. The molecule has 0 amide bonds. The summed E-state index contributed by atoms with van der Waals surface area (Å²) in [5.74, 6) is -0.137. The molecule has 0 aliphatic carbocycles. The van der Waals surface area contributed by atoms with Crippen molar-refractivity contribution in [2.24, 2.45) is 0 Å². The number of carbonyl (C=O) groups excluding carboxylic acids is 1. The third-order valence-corrected chi connectivity index (χ3v) is 2.03. The average molecular weight is 231 g/mol. The summed E-state index contributed by atoms with van der Waals surface area (Å²) >= 11 is 0. The highest BCUT2D eigenvalue weighted by atomic mass is 19.4. The van der Waals surface area contributed by atoms with Gasteiger partial charge in [0.25, 0.3) is 0 Å². The first kappa shape index (κ1) is 12.7. The molecule has 0 saturated carbocycles. The average Bonchev–Trinajstić information content (AvgIpc) is 2.17. The summed E-state index contributed by atoms with van der Waals surface area (Å²) in [5, 5.41) is 2.66. The first-order valence-corrected chi connectivity index (χ1v) is 4.76. The normalized spacial score (nSPS) is 11.5. The Balaban J connectivity index is 2.79. The maximum absolute atomic E-state index is 12.4. The van der Waals surface area contributed by atoms with Crippen molar-refractivity contribution in [3.8, 4) is 0 Å². The van der Waals surface area contributed by atoms with Crippen LogP contribution < -0.4 is 5.32 Å². The molecular weight excluding hydrogens is 219 g/mol. The SMILES string of the molecule is CNCC(=O)Cc1cccc(C(F)(F)F)c1. The standard InChI is InChI=1S/C11H12F3NO/c1-15-7-10(16)6-8-3-2-4-9(5-8)11(12,13)14/h2-5,15H,6-7H2,1H3. The van der Waals surface area contributed by atoms with Crippen LogP contribution in [0.3, 0.4) is 0 Å². The van der Waals surface area contributed by atoms with Crippen LogP contribution in [0.1, 0.15) is 11.1 Å². The Morgan fingerprint density at radius 2 is 2.06 bits per heavy atom. The highest BCUT2D eigenvalue weighted by Crippen LogP contribution is 2.29. The van der Waals surface area contributed by atoms with Crippen LogP contribution in [-0.2, 0) is 17.4 Å². The van der Waals surface area contributed by atoms with Crippen molar-refractivity contribution in [1.82, 2.24) is 5.32 Å². The van der Waals surface area contributed by atoms with Crippen LogP contribution in [0.4, 0.5) is 13.2 Å². The molecule has 5 heteroatoms. The van der Waals surface area contributed by atoms with Crippen molar-refractivity contribution >= 4 is 5.78 Å². The molecule has 0 saturated heterocycles. The summed E-state index contributed by atoms with van der Waals surface area (Å²) in [6.07, 6.45) is -4.34. The molecule has 1 N–H and O–H groups in total. The van der Waals surface area contributed by atoms with Crippen LogP contribution >= 0.6 is 0 Å². The lowest BCUT2D eigenvalue weighted by molar-refractivity contribution is -0.137. The Morgan fingerprint density at radius 1 is 1.38 bits per heavy atom. The van der Waals surface area contributed by atoms with Crippen LogP contribution in [0.15, 0.2) is 24.3 Å². The fourth-order valence-corrected chi connectivity index (χ4v) is 1.34. The number of likely N-dealkylation sites (N-methyl/N-ethyl adjacent to an activating group) is 1. The van der Waals surface area contributed by atoms with Crippen molar-refractivity contribution in [3.63, 3.8) is 0 Å². The Bertz CT molecular complexity index is 374. The van der Waals surface area contributed by atoms with Crippen LogP contribution in [0.25, 0.3) is 0 Å². The molecule has 0 heterocycles. The lowest BCUT2D eigenvalue weighted by Crippen LogP contribution is -2.20. The van der Waals surface area contributed by atoms with Gasteiger partial charge in [0, 0.05) is 6.42 Å². The molecule has 0 radical (unpaired) electrons. The van der Waals surface area contributed by atoms with Crippen LogP contribution in [0.2, 0.25) is 0 Å². The van der Waals surface area contributed by atoms with Crippen LogP contribution in [-0.4, -0.2) is 19.4 Å². The maximum atomic E-state index is 12.4. The van der Waals surface area contributed by atoms with Gasteiger partial charge in [-0.15, -0.1) is 0 Å². The third kappa shape index (κ3) is 3.66. The highest BCUT2D eigenvalue weighted by Gasteiger charge is 2.30. The first-order valence-electron chi connectivity index (χ1n) is 4.76. The zero-order valence-electron chi connectivity index (χ0n) is 8.77. The number of ketones is 1. The van der Waals surface area contributed by atoms with Crippen LogP contribution in [0, 0.1) is 0 Å². The fourth-order valence-electron chi connectivity index (χ4n) is 1.34. The molecule has 0 atom stereocenters. The van der Waals surface area contributed by atoms with Gasteiger partial charge in [0.15, 0.2) is 5.78 Å². The van der Waals surface area contributed by atoms with Gasteiger partial charge >= 0.3 is 6.18 Å². The maximum Gasteiger partial charge on any atom is 0.416 e. The van der Waals surface area contributed by atoms with E-state index in [9.17, 15) is 18.0 Å². The summed E-state index contributed by atoms with van der Waals surface area (Å²) in [5.41, 5.74) is -0.336. The molecule has 16 heavy (non-hydrogen) atoms. The third-order valence-electron chi connectivity index (χ3n) is 2.03. The second kappa shape index (κ2) is 5.12. The first-order chi connectivity index (χ1) is 7.43. The fraction of sp³-hybridized carbons (Fsp3) is 0.364. The van der Waals surface area contributed by atoms with Gasteiger partial charge in [0.05, 0.1) is 12.1 Å². The molecule has 1 aromatic rings. The molecule has 0 fully saturated rings. The zero-order valence-corrected chi connectivity index (χ0v) is 8.77. The van der Waals surface area contributed by atoms with Crippen molar-refractivity contribution < 1.29 is 18.0 Å². The number of hydrogen-bond acceptors (Lipinski definition) is 2. The second-order valence-corrected chi connectivity index (χ2v) is 3.44. The molecule has 1 rings (SSSR count). The molecule has 0 aliphatic heterocycles. The van der Waals surface area contributed by atoms with Gasteiger partial charge in [0.1, 0.15) is 0 Å². The van der Waals surface area contributed by atoms with E-state index in [2.05, 4.69) is 5.32 Å². The minimum Gasteiger partial charge on any atom is -0.313 e. The number of Topliss-reactive ketones (excluding diaryl/α,β-unsaturated/α-hetero) is 1.